The van der Waals surface area contributed by atoms with E-state index in [1.54, 1.807) is 6.07 Å². The fraction of sp³-hybridized carbons (Fsp3) is 0.423. The Labute approximate surface area is 202 Å². The molecular weight excluding hydrogens is 455 g/mol. The van der Waals surface area contributed by atoms with Gasteiger partial charge in [-0.25, -0.2) is 0 Å². The molecule has 2 atom stereocenters. The second kappa shape index (κ2) is 8.70. The lowest BCUT2D eigenvalue weighted by Crippen LogP contribution is -2.51. The molecule has 184 valence electrons. The van der Waals surface area contributed by atoms with Crippen LogP contribution in [0.25, 0.3) is 10.8 Å². The van der Waals surface area contributed by atoms with Crippen LogP contribution in [0.2, 0.25) is 0 Å². The summed E-state index contributed by atoms with van der Waals surface area (Å²) in [5.41, 5.74) is 1.96. The Morgan fingerprint density at radius 3 is 2.66 bits per heavy atom. The van der Waals surface area contributed by atoms with Gasteiger partial charge >= 0.3 is 6.18 Å². The summed E-state index contributed by atoms with van der Waals surface area (Å²) in [5, 5.41) is 13.8. The SMILES string of the molecule is Cc1c([C@@H](C)Nc2nnc(C)c3ccc(N4CCN5C(=O)CC[C@H]5C4)cc23)cccc1C(F)(F)F. The van der Waals surface area contributed by atoms with Crippen LogP contribution in [0.3, 0.4) is 0 Å². The number of aromatic nitrogens is 2. The molecule has 35 heavy (non-hydrogen) atoms. The van der Waals surface area contributed by atoms with E-state index in [0.29, 0.717) is 24.3 Å². The highest BCUT2D eigenvalue weighted by Crippen LogP contribution is 2.36. The Bertz CT molecular complexity index is 1290. The highest BCUT2D eigenvalue weighted by Gasteiger charge is 2.36. The maximum absolute atomic E-state index is 13.4. The number of alkyl halides is 3. The molecule has 2 fully saturated rings. The third-order valence-corrected chi connectivity index (χ3v) is 7.31. The number of fused-ring (bicyclic) bond motifs is 2. The van der Waals surface area contributed by atoms with Crippen molar-refractivity contribution in [2.24, 2.45) is 0 Å². The van der Waals surface area contributed by atoms with Gasteiger partial charge in [-0.15, -0.1) is 5.10 Å². The van der Waals surface area contributed by atoms with Gasteiger partial charge in [-0.05, 0) is 56.5 Å². The van der Waals surface area contributed by atoms with E-state index in [1.807, 2.05) is 24.8 Å². The number of carbonyl (C=O) groups is 1. The summed E-state index contributed by atoms with van der Waals surface area (Å²) >= 11 is 0. The molecule has 2 aliphatic rings. The molecule has 0 unspecified atom stereocenters. The summed E-state index contributed by atoms with van der Waals surface area (Å²) in [6.07, 6.45) is -2.90. The Hall–Kier alpha value is -3.36. The molecule has 9 heteroatoms. The van der Waals surface area contributed by atoms with Crippen molar-refractivity contribution in [2.75, 3.05) is 29.9 Å². The maximum atomic E-state index is 13.4. The fourth-order valence-corrected chi connectivity index (χ4v) is 5.39. The van der Waals surface area contributed by atoms with E-state index >= 15 is 0 Å². The first kappa shape index (κ1) is 23.4. The summed E-state index contributed by atoms with van der Waals surface area (Å²) in [7, 11) is 0. The third kappa shape index (κ3) is 4.28. The van der Waals surface area contributed by atoms with Crippen molar-refractivity contribution in [2.45, 2.75) is 51.9 Å². The van der Waals surface area contributed by atoms with Crippen molar-refractivity contribution in [3.63, 3.8) is 0 Å². The van der Waals surface area contributed by atoms with Crippen molar-refractivity contribution < 1.29 is 18.0 Å². The predicted octanol–water partition coefficient (Wildman–Crippen LogP) is 5.25. The molecule has 0 saturated carbocycles. The van der Waals surface area contributed by atoms with Gasteiger partial charge < -0.3 is 15.1 Å². The van der Waals surface area contributed by atoms with Crippen molar-refractivity contribution in [1.29, 1.82) is 0 Å². The van der Waals surface area contributed by atoms with Crippen molar-refractivity contribution >= 4 is 28.2 Å². The van der Waals surface area contributed by atoms with Gasteiger partial charge in [0.2, 0.25) is 5.91 Å². The first-order chi connectivity index (χ1) is 16.6. The number of nitrogens with one attached hydrogen (secondary N) is 1. The highest BCUT2D eigenvalue weighted by atomic mass is 19.4. The number of anilines is 2. The number of halogens is 3. The standard InChI is InChI=1S/C26H28F3N5O/c1-15-20(5-4-6-23(15)26(27,28)29)16(2)30-25-22-13-18(7-9-21(22)17(3)31-32-25)33-11-12-34-19(14-33)8-10-24(34)35/h4-7,9,13,16,19H,8,10-12,14H2,1-3H3,(H,30,32)/t16-,19+/m1/s1. The van der Waals surface area contributed by atoms with Gasteiger partial charge in [-0.2, -0.15) is 18.3 Å². The predicted molar refractivity (Wildman–Crippen MR) is 129 cm³/mol. The van der Waals surface area contributed by atoms with E-state index in [-0.39, 0.29) is 17.5 Å². The van der Waals surface area contributed by atoms with Gasteiger partial charge in [0, 0.05) is 48.6 Å². The number of hydrogen-bond donors (Lipinski definition) is 1. The third-order valence-electron chi connectivity index (χ3n) is 7.31. The molecule has 2 aliphatic heterocycles. The lowest BCUT2D eigenvalue weighted by molar-refractivity contribution is -0.138. The van der Waals surface area contributed by atoms with Crippen molar-refractivity contribution in [1.82, 2.24) is 15.1 Å². The number of rotatable bonds is 4. The molecule has 0 spiro atoms. The van der Waals surface area contributed by atoms with E-state index in [1.165, 1.54) is 13.0 Å². The molecule has 1 N–H and O–H groups in total. The monoisotopic (exact) mass is 483 g/mol. The minimum Gasteiger partial charge on any atom is -0.368 e. The van der Waals surface area contributed by atoms with Crippen LogP contribution in [-0.4, -0.2) is 46.7 Å². The van der Waals surface area contributed by atoms with Gasteiger partial charge in [0.1, 0.15) is 0 Å². The molecule has 2 saturated heterocycles. The van der Waals surface area contributed by atoms with E-state index in [0.717, 1.165) is 47.7 Å². The van der Waals surface area contributed by atoms with Crippen LogP contribution in [0.1, 0.15) is 48.2 Å². The van der Waals surface area contributed by atoms with Gasteiger partial charge in [0.05, 0.1) is 17.3 Å². The molecule has 2 aromatic carbocycles. The molecule has 3 heterocycles. The zero-order valence-electron chi connectivity index (χ0n) is 20.0. The van der Waals surface area contributed by atoms with Gasteiger partial charge in [-0.3, -0.25) is 4.79 Å². The molecule has 0 aliphatic carbocycles. The number of piperazine rings is 1. The maximum Gasteiger partial charge on any atom is 0.416 e. The molecule has 3 aromatic rings. The average Bonchev–Trinajstić information content (AvgIpc) is 3.20. The van der Waals surface area contributed by atoms with Crippen LogP contribution in [0.15, 0.2) is 36.4 Å². The van der Waals surface area contributed by atoms with Gasteiger partial charge in [0.15, 0.2) is 5.82 Å². The lowest BCUT2D eigenvalue weighted by atomic mass is 9.97. The number of carbonyl (C=O) groups excluding carboxylic acids is 1. The van der Waals surface area contributed by atoms with Gasteiger partial charge in [0.25, 0.3) is 0 Å². The molecular formula is C26H28F3N5O. The highest BCUT2D eigenvalue weighted by molar-refractivity contribution is 5.95. The van der Waals surface area contributed by atoms with Crippen LogP contribution in [0.5, 0.6) is 0 Å². The van der Waals surface area contributed by atoms with Crippen molar-refractivity contribution in [3.05, 3.63) is 58.8 Å². The summed E-state index contributed by atoms with van der Waals surface area (Å²) in [4.78, 5) is 16.3. The zero-order valence-corrected chi connectivity index (χ0v) is 20.0. The van der Waals surface area contributed by atoms with E-state index in [4.69, 9.17) is 0 Å². The van der Waals surface area contributed by atoms with E-state index in [2.05, 4.69) is 32.5 Å². The fourth-order valence-electron chi connectivity index (χ4n) is 5.39. The Balaban J connectivity index is 1.46. The van der Waals surface area contributed by atoms with Gasteiger partial charge in [-0.1, -0.05) is 18.2 Å². The molecule has 5 rings (SSSR count). The normalized spacial score (nSPS) is 19.3. The molecule has 0 bridgehead atoms. The second-order valence-corrected chi connectivity index (χ2v) is 9.47. The molecule has 6 nitrogen and oxygen atoms in total. The van der Waals surface area contributed by atoms with Crippen LogP contribution in [-0.2, 0) is 11.0 Å². The zero-order chi connectivity index (χ0) is 24.9. The quantitative estimate of drug-likeness (QED) is 0.549. The Kier molecular flexibility index (Phi) is 5.81. The van der Waals surface area contributed by atoms with Crippen LogP contribution in [0.4, 0.5) is 24.7 Å². The molecule has 0 radical (unpaired) electrons. The number of hydrogen-bond acceptors (Lipinski definition) is 5. The topological polar surface area (TPSA) is 61.4 Å². The van der Waals surface area contributed by atoms with Crippen molar-refractivity contribution in [3.8, 4) is 0 Å². The summed E-state index contributed by atoms with van der Waals surface area (Å²) in [6, 6.07) is 10.2. The summed E-state index contributed by atoms with van der Waals surface area (Å²) in [5.74, 6) is 0.774. The Morgan fingerprint density at radius 1 is 1.09 bits per heavy atom. The van der Waals surface area contributed by atoms with E-state index in [9.17, 15) is 18.0 Å². The number of amides is 1. The summed E-state index contributed by atoms with van der Waals surface area (Å²) < 4.78 is 40.3. The van der Waals surface area contributed by atoms with Crippen LogP contribution >= 0.6 is 0 Å². The number of aryl methyl sites for hydroxylation is 1. The minimum atomic E-state index is -4.40. The smallest absolute Gasteiger partial charge is 0.368 e. The Morgan fingerprint density at radius 2 is 1.89 bits per heavy atom. The molecule has 1 aromatic heterocycles. The minimum absolute atomic E-state index is 0.203. The van der Waals surface area contributed by atoms with Crippen LogP contribution < -0.4 is 10.2 Å². The largest absolute Gasteiger partial charge is 0.416 e. The average molecular weight is 484 g/mol. The first-order valence-electron chi connectivity index (χ1n) is 11.9. The second-order valence-electron chi connectivity index (χ2n) is 9.47. The number of benzene rings is 2. The summed E-state index contributed by atoms with van der Waals surface area (Å²) in [6.45, 7) is 7.48. The number of nitrogens with zero attached hydrogens (tertiary/aromatic N) is 4. The molecule has 1 amide bonds. The lowest BCUT2D eigenvalue weighted by Gasteiger charge is -2.39. The first-order valence-corrected chi connectivity index (χ1v) is 11.9. The van der Waals surface area contributed by atoms with Crippen LogP contribution in [0, 0.1) is 13.8 Å². The van der Waals surface area contributed by atoms with E-state index < -0.39 is 17.8 Å².